The SMILES string of the molecule is CN(C)S(=O)(=O)C[C@@H]1CN(Cc2ccc(-c3cccnc3)cc2)C[C@H]1O.O=CO. The lowest BCUT2D eigenvalue weighted by atomic mass is 10.1. The summed E-state index contributed by atoms with van der Waals surface area (Å²) in [4.78, 5) is 14.6. The summed E-state index contributed by atoms with van der Waals surface area (Å²) in [7, 11) is -0.254. The zero-order chi connectivity index (χ0) is 21.4. The molecule has 3 rings (SSSR count). The summed E-state index contributed by atoms with van der Waals surface area (Å²) in [5.74, 6) is -0.269. The number of β-amino-alcohol motifs (C(OH)–C–C–N with tert-alkyl or cyclic N) is 1. The van der Waals surface area contributed by atoms with Gasteiger partial charge in [0.1, 0.15) is 0 Å². The number of aliphatic hydroxyl groups excluding tert-OH is 1. The molecule has 2 atom stereocenters. The molecule has 0 bridgehead atoms. The van der Waals surface area contributed by atoms with Crippen LogP contribution in [0.3, 0.4) is 0 Å². The molecule has 8 nitrogen and oxygen atoms in total. The Kier molecular flexibility index (Phi) is 8.27. The molecule has 1 aliphatic rings. The average Bonchev–Trinajstić information content (AvgIpc) is 3.02. The van der Waals surface area contributed by atoms with Crippen LogP contribution in [-0.2, 0) is 21.4 Å². The van der Waals surface area contributed by atoms with Gasteiger partial charge in [0.25, 0.3) is 6.47 Å². The molecule has 29 heavy (non-hydrogen) atoms. The maximum atomic E-state index is 12.1. The molecular weight excluding hydrogens is 394 g/mol. The van der Waals surface area contributed by atoms with Crippen LogP contribution in [0.4, 0.5) is 0 Å². The highest BCUT2D eigenvalue weighted by molar-refractivity contribution is 7.89. The van der Waals surface area contributed by atoms with E-state index >= 15 is 0 Å². The Morgan fingerprint density at radius 3 is 2.38 bits per heavy atom. The van der Waals surface area contributed by atoms with E-state index in [2.05, 4.69) is 34.1 Å². The van der Waals surface area contributed by atoms with E-state index in [-0.39, 0.29) is 18.1 Å². The molecule has 1 aromatic carbocycles. The van der Waals surface area contributed by atoms with Gasteiger partial charge in [0, 0.05) is 52.0 Å². The molecule has 158 valence electrons. The molecule has 0 unspecified atom stereocenters. The largest absolute Gasteiger partial charge is 0.483 e. The Balaban J connectivity index is 0.000000941. The number of benzene rings is 1. The predicted molar refractivity (Wildman–Crippen MR) is 111 cm³/mol. The summed E-state index contributed by atoms with van der Waals surface area (Å²) in [6, 6.07) is 12.2. The van der Waals surface area contributed by atoms with Crippen LogP contribution in [0.25, 0.3) is 11.1 Å². The van der Waals surface area contributed by atoms with Gasteiger partial charge in [-0.15, -0.1) is 0 Å². The van der Waals surface area contributed by atoms with E-state index in [0.717, 1.165) is 16.7 Å². The van der Waals surface area contributed by atoms with Crippen LogP contribution in [0.2, 0.25) is 0 Å². The van der Waals surface area contributed by atoms with Gasteiger partial charge in [0.2, 0.25) is 10.0 Å². The van der Waals surface area contributed by atoms with Crippen LogP contribution in [0.1, 0.15) is 5.56 Å². The van der Waals surface area contributed by atoms with E-state index in [0.29, 0.717) is 19.6 Å². The number of carboxylic acid groups (broad SMARTS) is 1. The third-order valence-corrected chi connectivity index (χ3v) is 6.78. The maximum absolute atomic E-state index is 12.1. The molecule has 2 N–H and O–H groups in total. The van der Waals surface area contributed by atoms with Crippen LogP contribution < -0.4 is 0 Å². The first kappa shape index (κ1) is 23.0. The van der Waals surface area contributed by atoms with E-state index in [1.165, 1.54) is 18.4 Å². The maximum Gasteiger partial charge on any atom is 0.290 e. The first-order chi connectivity index (χ1) is 13.8. The van der Waals surface area contributed by atoms with Crippen LogP contribution in [0, 0.1) is 5.92 Å². The highest BCUT2D eigenvalue weighted by Crippen LogP contribution is 2.23. The average molecular weight is 422 g/mol. The van der Waals surface area contributed by atoms with E-state index in [1.54, 1.807) is 6.20 Å². The summed E-state index contributed by atoms with van der Waals surface area (Å²) in [6.07, 6.45) is 2.98. The fourth-order valence-corrected chi connectivity index (χ4v) is 4.42. The Hall–Kier alpha value is -2.33. The monoisotopic (exact) mass is 421 g/mol. The minimum absolute atomic E-state index is 0.0163. The molecule has 0 amide bonds. The number of aliphatic hydroxyl groups is 1. The van der Waals surface area contributed by atoms with Crippen molar-refractivity contribution in [3.8, 4) is 11.1 Å². The lowest BCUT2D eigenvalue weighted by molar-refractivity contribution is -0.122. The lowest BCUT2D eigenvalue weighted by Gasteiger charge is -2.18. The lowest BCUT2D eigenvalue weighted by Crippen LogP contribution is -2.33. The summed E-state index contributed by atoms with van der Waals surface area (Å²) in [6.45, 7) is 1.53. The fourth-order valence-electron chi connectivity index (χ4n) is 3.25. The summed E-state index contributed by atoms with van der Waals surface area (Å²) < 4.78 is 25.3. The minimum atomic E-state index is -3.31. The predicted octanol–water partition coefficient (Wildman–Crippen LogP) is 1.13. The second-order valence-electron chi connectivity index (χ2n) is 7.13. The van der Waals surface area contributed by atoms with Gasteiger partial charge in [-0.1, -0.05) is 30.3 Å². The molecule has 0 saturated carbocycles. The zero-order valence-corrected chi connectivity index (χ0v) is 17.4. The summed E-state index contributed by atoms with van der Waals surface area (Å²) >= 11 is 0. The zero-order valence-electron chi connectivity index (χ0n) is 16.5. The molecule has 1 aromatic heterocycles. The first-order valence-electron chi connectivity index (χ1n) is 9.14. The van der Waals surface area contributed by atoms with Crippen molar-refractivity contribution in [3.63, 3.8) is 0 Å². The fraction of sp³-hybridized carbons (Fsp3) is 0.400. The normalized spacial score (nSPS) is 19.6. The van der Waals surface area contributed by atoms with Gasteiger partial charge in [0.15, 0.2) is 0 Å². The van der Waals surface area contributed by atoms with Gasteiger partial charge < -0.3 is 10.2 Å². The number of rotatable bonds is 6. The third kappa shape index (κ3) is 6.60. The standard InChI is InChI=1S/C19H25N3O3S.CH2O2/c1-21(2)26(24,25)14-18-12-22(13-19(18)23)11-15-5-7-16(8-6-15)17-4-3-9-20-10-17;2-1-3/h3-10,18-19,23H,11-14H2,1-2H3;1H,(H,2,3)/t18-,19+;/m0./s1. The van der Waals surface area contributed by atoms with Gasteiger partial charge >= 0.3 is 0 Å². The quantitative estimate of drug-likeness (QED) is 0.673. The summed E-state index contributed by atoms with van der Waals surface area (Å²) in [5.41, 5.74) is 3.32. The van der Waals surface area contributed by atoms with Crippen molar-refractivity contribution in [1.82, 2.24) is 14.2 Å². The van der Waals surface area contributed by atoms with E-state index < -0.39 is 16.1 Å². The molecular formula is C20H27N3O5S. The highest BCUT2D eigenvalue weighted by atomic mass is 32.2. The van der Waals surface area contributed by atoms with Crippen molar-refractivity contribution in [2.75, 3.05) is 32.9 Å². The van der Waals surface area contributed by atoms with Crippen molar-refractivity contribution in [3.05, 3.63) is 54.4 Å². The van der Waals surface area contributed by atoms with Crippen LogP contribution in [-0.4, -0.2) is 78.3 Å². The molecule has 2 heterocycles. The van der Waals surface area contributed by atoms with Crippen LogP contribution in [0.15, 0.2) is 48.8 Å². The molecule has 1 fully saturated rings. The number of hydrogen-bond acceptors (Lipinski definition) is 6. The molecule has 9 heteroatoms. The Morgan fingerprint density at radius 2 is 1.83 bits per heavy atom. The Morgan fingerprint density at radius 1 is 1.17 bits per heavy atom. The van der Waals surface area contributed by atoms with E-state index in [9.17, 15) is 13.5 Å². The van der Waals surface area contributed by atoms with Gasteiger partial charge in [-0.3, -0.25) is 14.7 Å². The number of hydrogen-bond donors (Lipinski definition) is 2. The third-order valence-electron chi connectivity index (χ3n) is 4.82. The second kappa shape index (κ2) is 10.4. The first-order valence-corrected chi connectivity index (χ1v) is 10.8. The van der Waals surface area contributed by atoms with Gasteiger partial charge in [0.05, 0.1) is 11.9 Å². The van der Waals surface area contributed by atoms with Crippen LogP contribution >= 0.6 is 0 Å². The minimum Gasteiger partial charge on any atom is -0.483 e. The Labute approximate surface area is 171 Å². The molecule has 1 aliphatic heterocycles. The number of aromatic nitrogens is 1. The van der Waals surface area contributed by atoms with Crippen molar-refractivity contribution in [1.29, 1.82) is 0 Å². The molecule has 0 aliphatic carbocycles. The molecule has 0 spiro atoms. The molecule has 1 saturated heterocycles. The van der Waals surface area contributed by atoms with Crippen molar-refractivity contribution in [2.45, 2.75) is 12.6 Å². The smallest absolute Gasteiger partial charge is 0.290 e. The van der Waals surface area contributed by atoms with Crippen LogP contribution in [0.5, 0.6) is 0 Å². The van der Waals surface area contributed by atoms with Crippen molar-refractivity contribution in [2.24, 2.45) is 5.92 Å². The molecule has 2 aromatic rings. The number of sulfonamides is 1. The van der Waals surface area contributed by atoms with Gasteiger partial charge in [-0.2, -0.15) is 0 Å². The Bertz CT molecular complexity index is 873. The second-order valence-corrected chi connectivity index (χ2v) is 9.35. The number of pyridine rings is 1. The number of nitrogens with zero attached hydrogens (tertiary/aromatic N) is 3. The highest BCUT2D eigenvalue weighted by Gasteiger charge is 2.35. The van der Waals surface area contributed by atoms with Crippen molar-refractivity contribution >= 4 is 16.5 Å². The number of carbonyl (C=O) groups is 1. The van der Waals surface area contributed by atoms with Gasteiger partial charge in [-0.05, 0) is 22.8 Å². The molecule has 0 radical (unpaired) electrons. The topological polar surface area (TPSA) is 111 Å². The number of likely N-dealkylation sites (tertiary alicyclic amines) is 1. The van der Waals surface area contributed by atoms with Gasteiger partial charge in [-0.25, -0.2) is 12.7 Å². The van der Waals surface area contributed by atoms with E-state index in [1.807, 2.05) is 18.3 Å². The van der Waals surface area contributed by atoms with E-state index in [4.69, 9.17) is 9.90 Å². The summed E-state index contributed by atoms with van der Waals surface area (Å²) in [5, 5.41) is 17.1. The van der Waals surface area contributed by atoms with Crippen molar-refractivity contribution < 1.29 is 23.4 Å².